The lowest BCUT2D eigenvalue weighted by molar-refractivity contribution is 0.448. The average Bonchev–Trinajstić information content (AvgIpc) is 3.06. The predicted molar refractivity (Wildman–Crippen MR) is 85.9 cm³/mol. The van der Waals surface area contributed by atoms with Gasteiger partial charge in [0.15, 0.2) is 9.84 Å². The maximum absolute atomic E-state index is 12.0. The van der Waals surface area contributed by atoms with Gasteiger partial charge in [0.25, 0.3) is 0 Å². The molecule has 2 aromatic rings. The van der Waals surface area contributed by atoms with Crippen LogP contribution in [0.2, 0.25) is 0 Å². The molecule has 1 aliphatic heterocycles. The van der Waals surface area contributed by atoms with E-state index in [2.05, 4.69) is 30.6 Å². The Bertz CT molecular complexity index is 754. The van der Waals surface area contributed by atoms with Crippen molar-refractivity contribution >= 4 is 15.8 Å². The van der Waals surface area contributed by atoms with Crippen LogP contribution in [0.5, 0.6) is 0 Å². The minimum Gasteiger partial charge on any atom is -0.347 e. The topological polar surface area (TPSA) is 113 Å². The van der Waals surface area contributed by atoms with Gasteiger partial charge in [-0.05, 0) is 19.4 Å². The van der Waals surface area contributed by atoms with Crippen LogP contribution in [0.1, 0.15) is 30.3 Å². The second-order valence-corrected chi connectivity index (χ2v) is 7.63. The van der Waals surface area contributed by atoms with E-state index in [1.165, 1.54) is 12.5 Å². The van der Waals surface area contributed by atoms with E-state index in [0.717, 1.165) is 31.8 Å². The van der Waals surface area contributed by atoms with Crippen molar-refractivity contribution in [2.75, 3.05) is 24.7 Å². The molecule has 1 atom stereocenters. The highest BCUT2D eigenvalue weighted by Gasteiger charge is 2.25. The van der Waals surface area contributed by atoms with Crippen LogP contribution in [-0.4, -0.2) is 47.7 Å². The predicted octanol–water partition coefficient (Wildman–Crippen LogP) is 0.682. The van der Waals surface area contributed by atoms with Gasteiger partial charge in [-0.3, -0.25) is 0 Å². The zero-order valence-corrected chi connectivity index (χ0v) is 13.7. The number of sulfone groups is 1. The number of aromatic amines is 1. The average molecular weight is 336 g/mol. The molecule has 0 bridgehead atoms. The molecule has 9 heteroatoms. The Morgan fingerprint density at radius 2 is 2.26 bits per heavy atom. The van der Waals surface area contributed by atoms with Gasteiger partial charge in [-0.2, -0.15) is 0 Å². The summed E-state index contributed by atoms with van der Waals surface area (Å²) >= 11 is 0. The summed E-state index contributed by atoms with van der Waals surface area (Å²) < 4.78 is 24.0. The fourth-order valence-electron chi connectivity index (χ4n) is 2.69. The fraction of sp³-hybridized carbons (Fsp3) is 0.500. The first-order valence-electron chi connectivity index (χ1n) is 7.54. The molecule has 1 fully saturated rings. The normalized spacial score (nSPS) is 18.7. The SMILES string of the molecule is CS(=O)(=O)c1cnc(NCc2ncc[nH]2)nc1C1CCCNC1. The lowest BCUT2D eigenvalue weighted by Gasteiger charge is -2.24. The molecule has 3 rings (SSSR count). The third-order valence-electron chi connectivity index (χ3n) is 3.83. The summed E-state index contributed by atoms with van der Waals surface area (Å²) in [5.41, 5.74) is 0.594. The number of imidazole rings is 1. The van der Waals surface area contributed by atoms with Crippen molar-refractivity contribution in [3.63, 3.8) is 0 Å². The number of anilines is 1. The molecule has 3 N–H and O–H groups in total. The van der Waals surface area contributed by atoms with Gasteiger partial charge in [0.05, 0.1) is 18.4 Å². The largest absolute Gasteiger partial charge is 0.347 e. The van der Waals surface area contributed by atoms with Gasteiger partial charge in [-0.1, -0.05) is 0 Å². The molecule has 1 saturated heterocycles. The van der Waals surface area contributed by atoms with E-state index < -0.39 is 9.84 Å². The fourth-order valence-corrected chi connectivity index (χ4v) is 3.53. The van der Waals surface area contributed by atoms with Crippen LogP contribution in [0.3, 0.4) is 0 Å². The van der Waals surface area contributed by atoms with Crippen molar-refractivity contribution in [2.24, 2.45) is 0 Å². The molecule has 1 unspecified atom stereocenters. The van der Waals surface area contributed by atoms with Crippen LogP contribution in [0.15, 0.2) is 23.5 Å². The van der Waals surface area contributed by atoms with Gasteiger partial charge in [-0.25, -0.2) is 23.4 Å². The Morgan fingerprint density at radius 1 is 1.39 bits per heavy atom. The van der Waals surface area contributed by atoms with E-state index in [1.54, 1.807) is 12.4 Å². The number of hydrogen-bond donors (Lipinski definition) is 3. The summed E-state index contributed by atoms with van der Waals surface area (Å²) in [5, 5.41) is 6.37. The van der Waals surface area contributed by atoms with Crippen molar-refractivity contribution in [1.82, 2.24) is 25.3 Å². The van der Waals surface area contributed by atoms with Gasteiger partial charge < -0.3 is 15.6 Å². The highest BCUT2D eigenvalue weighted by molar-refractivity contribution is 7.90. The Hall–Kier alpha value is -2.00. The summed E-state index contributed by atoms with van der Waals surface area (Å²) in [4.78, 5) is 15.9. The number of H-pyrrole nitrogens is 1. The van der Waals surface area contributed by atoms with Crippen LogP contribution in [0.25, 0.3) is 0 Å². The van der Waals surface area contributed by atoms with Gasteiger partial charge in [0.2, 0.25) is 5.95 Å². The molecular weight excluding hydrogens is 316 g/mol. The Labute approximate surface area is 135 Å². The number of piperidine rings is 1. The van der Waals surface area contributed by atoms with Gasteiger partial charge in [0.1, 0.15) is 10.7 Å². The highest BCUT2D eigenvalue weighted by Crippen LogP contribution is 2.27. The number of hydrogen-bond acceptors (Lipinski definition) is 7. The van der Waals surface area contributed by atoms with Crippen LogP contribution < -0.4 is 10.6 Å². The number of aromatic nitrogens is 4. The molecule has 0 aliphatic carbocycles. The molecule has 0 amide bonds. The number of nitrogens with one attached hydrogen (secondary N) is 3. The van der Waals surface area contributed by atoms with Gasteiger partial charge in [-0.15, -0.1) is 0 Å². The summed E-state index contributed by atoms with van der Waals surface area (Å²) in [5.74, 6) is 1.26. The Morgan fingerprint density at radius 3 is 2.91 bits per heavy atom. The summed E-state index contributed by atoms with van der Waals surface area (Å²) in [6, 6.07) is 0. The minimum absolute atomic E-state index is 0.0839. The third-order valence-corrected chi connectivity index (χ3v) is 4.95. The van der Waals surface area contributed by atoms with Gasteiger partial charge >= 0.3 is 0 Å². The first-order valence-corrected chi connectivity index (χ1v) is 9.43. The second-order valence-electron chi connectivity index (χ2n) is 5.65. The first kappa shape index (κ1) is 15.9. The number of nitrogens with zero attached hydrogens (tertiary/aromatic N) is 3. The van der Waals surface area contributed by atoms with E-state index in [1.807, 2.05) is 0 Å². The molecular formula is C14H20N6O2S. The smallest absolute Gasteiger partial charge is 0.223 e. The van der Waals surface area contributed by atoms with E-state index in [4.69, 9.17) is 0 Å². The molecule has 3 heterocycles. The van der Waals surface area contributed by atoms with Crippen molar-refractivity contribution in [3.05, 3.63) is 30.1 Å². The Kier molecular flexibility index (Phi) is 4.58. The van der Waals surface area contributed by atoms with E-state index in [0.29, 0.717) is 18.2 Å². The maximum Gasteiger partial charge on any atom is 0.223 e. The molecule has 0 spiro atoms. The number of rotatable bonds is 5. The van der Waals surface area contributed by atoms with Crippen LogP contribution in [0.4, 0.5) is 5.95 Å². The summed E-state index contributed by atoms with van der Waals surface area (Å²) in [6.07, 6.45) is 7.93. The molecule has 2 aromatic heterocycles. The lowest BCUT2D eigenvalue weighted by Crippen LogP contribution is -2.30. The molecule has 1 aliphatic rings. The third kappa shape index (κ3) is 3.85. The zero-order valence-electron chi connectivity index (χ0n) is 12.9. The molecule has 0 radical (unpaired) electrons. The monoisotopic (exact) mass is 336 g/mol. The highest BCUT2D eigenvalue weighted by atomic mass is 32.2. The maximum atomic E-state index is 12.0. The molecule has 0 aromatic carbocycles. The van der Waals surface area contributed by atoms with Crippen molar-refractivity contribution in [1.29, 1.82) is 0 Å². The van der Waals surface area contributed by atoms with Crippen molar-refractivity contribution in [2.45, 2.75) is 30.2 Å². The summed E-state index contributed by atoms with van der Waals surface area (Å²) in [7, 11) is -3.36. The molecule has 0 saturated carbocycles. The minimum atomic E-state index is -3.36. The molecule has 23 heavy (non-hydrogen) atoms. The van der Waals surface area contributed by atoms with E-state index >= 15 is 0 Å². The molecule has 124 valence electrons. The Balaban J connectivity index is 1.87. The second kappa shape index (κ2) is 6.63. The van der Waals surface area contributed by atoms with E-state index in [9.17, 15) is 8.42 Å². The van der Waals surface area contributed by atoms with Crippen LogP contribution >= 0.6 is 0 Å². The standard InChI is InChI=1S/C14H20N6O2S/c1-23(21,22)11-8-18-14(19-9-12-16-5-6-17-12)20-13(11)10-3-2-4-15-7-10/h5-6,8,10,15H,2-4,7,9H2,1H3,(H,16,17)(H,18,19,20). The lowest BCUT2D eigenvalue weighted by atomic mass is 9.96. The quantitative estimate of drug-likeness (QED) is 0.736. The van der Waals surface area contributed by atoms with Crippen LogP contribution in [0, 0.1) is 0 Å². The van der Waals surface area contributed by atoms with Crippen LogP contribution in [-0.2, 0) is 16.4 Å². The van der Waals surface area contributed by atoms with Crippen molar-refractivity contribution in [3.8, 4) is 0 Å². The first-order chi connectivity index (χ1) is 11.0. The van der Waals surface area contributed by atoms with Crippen molar-refractivity contribution < 1.29 is 8.42 Å². The zero-order chi connectivity index (χ0) is 16.3. The van der Waals surface area contributed by atoms with Gasteiger partial charge in [0, 0.05) is 31.1 Å². The summed E-state index contributed by atoms with van der Waals surface area (Å²) in [6.45, 7) is 2.14. The van der Waals surface area contributed by atoms with E-state index in [-0.39, 0.29) is 10.8 Å². The molecule has 8 nitrogen and oxygen atoms in total.